The van der Waals surface area contributed by atoms with Crippen molar-refractivity contribution < 1.29 is 8.81 Å². The summed E-state index contributed by atoms with van der Waals surface area (Å²) in [6, 6.07) is 4.81. The van der Waals surface area contributed by atoms with Gasteiger partial charge >= 0.3 is 0 Å². The predicted molar refractivity (Wildman–Crippen MR) is 125 cm³/mol. The second kappa shape index (κ2) is 10.1. The second-order valence-electron chi connectivity index (χ2n) is 7.74. The monoisotopic (exact) mass is 513 g/mol. The summed E-state index contributed by atoms with van der Waals surface area (Å²) in [5, 5.41) is 7.59. The fourth-order valence-electron chi connectivity index (χ4n) is 2.90. The number of hydrogen-bond acceptors (Lipinski definition) is 3. The van der Waals surface area contributed by atoms with E-state index in [2.05, 4.69) is 46.4 Å². The van der Waals surface area contributed by atoms with Crippen LogP contribution < -0.4 is 10.6 Å². The van der Waals surface area contributed by atoms with Crippen LogP contribution in [0.25, 0.3) is 10.9 Å². The van der Waals surface area contributed by atoms with E-state index in [0.717, 1.165) is 35.2 Å². The molecule has 0 aliphatic carbocycles. The average molecular weight is 513 g/mol. The number of aliphatic imine (C=N–C) groups is 1. The lowest BCUT2D eigenvalue weighted by atomic mass is 9.94. The van der Waals surface area contributed by atoms with Crippen LogP contribution in [0.1, 0.15) is 44.9 Å². The van der Waals surface area contributed by atoms with Crippen LogP contribution in [0.15, 0.2) is 40.0 Å². The van der Waals surface area contributed by atoms with Crippen molar-refractivity contribution >= 4 is 40.8 Å². The minimum atomic E-state index is -0.234. The van der Waals surface area contributed by atoms with Crippen molar-refractivity contribution in [2.45, 2.75) is 46.1 Å². The molecule has 3 aromatic rings. The van der Waals surface area contributed by atoms with E-state index in [-0.39, 0.29) is 35.2 Å². The van der Waals surface area contributed by atoms with Crippen molar-refractivity contribution in [2.75, 3.05) is 13.1 Å². The third-order valence-electron chi connectivity index (χ3n) is 4.43. The molecule has 0 radical (unpaired) electrons. The van der Waals surface area contributed by atoms with Gasteiger partial charge in [0.25, 0.3) is 0 Å². The smallest absolute Gasteiger partial charge is 0.216 e. The van der Waals surface area contributed by atoms with Gasteiger partial charge in [0.1, 0.15) is 18.1 Å². The molecule has 3 N–H and O–H groups in total. The summed E-state index contributed by atoms with van der Waals surface area (Å²) in [5.41, 5.74) is 1.88. The predicted octanol–water partition coefficient (Wildman–Crippen LogP) is 4.51. The summed E-state index contributed by atoms with van der Waals surface area (Å²) in [5.74, 6) is 1.93. The van der Waals surface area contributed by atoms with Gasteiger partial charge in [-0.3, -0.25) is 0 Å². The van der Waals surface area contributed by atoms with Crippen LogP contribution in [0.2, 0.25) is 0 Å². The lowest BCUT2D eigenvalue weighted by Crippen LogP contribution is -2.38. The number of aromatic nitrogens is 2. The van der Waals surface area contributed by atoms with E-state index in [9.17, 15) is 4.39 Å². The first-order valence-electron chi connectivity index (χ1n) is 9.59. The summed E-state index contributed by atoms with van der Waals surface area (Å²) in [4.78, 5) is 12.0. The molecule has 1 aromatic carbocycles. The molecular formula is C21H29FIN5O. The maximum absolute atomic E-state index is 13.3. The molecule has 2 aromatic heterocycles. The van der Waals surface area contributed by atoms with Crippen LogP contribution in [-0.2, 0) is 18.4 Å². The Labute approximate surface area is 187 Å². The van der Waals surface area contributed by atoms with Gasteiger partial charge in [-0.1, -0.05) is 20.8 Å². The Bertz CT molecular complexity index is 958. The zero-order valence-electron chi connectivity index (χ0n) is 17.3. The molecule has 0 saturated carbocycles. The summed E-state index contributed by atoms with van der Waals surface area (Å²) < 4.78 is 19.1. The first-order valence-corrected chi connectivity index (χ1v) is 9.59. The molecule has 0 saturated heterocycles. The van der Waals surface area contributed by atoms with Gasteiger partial charge in [0, 0.05) is 35.6 Å². The van der Waals surface area contributed by atoms with Gasteiger partial charge in [0.15, 0.2) is 5.96 Å². The van der Waals surface area contributed by atoms with Crippen molar-refractivity contribution in [1.29, 1.82) is 0 Å². The molecule has 0 fully saturated rings. The number of guanidine groups is 1. The van der Waals surface area contributed by atoms with Gasteiger partial charge < -0.3 is 20.0 Å². The molecule has 29 heavy (non-hydrogen) atoms. The summed E-state index contributed by atoms with van der Waals surface area (Å²) >= 11 is 0. The molecule has 0 unspecified atom stereocenters. The Hall–Kier alpha value is -2.10. The Morgan fingerprint density at radius 3 is 2.76 bits per heavy atom. The largest absolute Gasteiger partial charge is 0.443 e. The van der Waals surface area contributed by atoms with E-state index in [1.54, 1.807) is 6.20 Å². The Balaban J connectivity index is 0.00000300. The van der Waals surface area contributed by atoms with Crippen molar-refractivity contribution in [3.8, 4) is 0 Å². The standard InChI is InChI=1S/C21H28FN5O.HI/c1-5-23-20(27-13-19-26-12-18(28-19)21(2,3)4)24-9-8-14-11-25-17-10-15(22)6-7-16(14)17;/h6-7,10-12,25H,5,8-9,13H2,1-4H3,(H2,23,24,27);1H. The van der Waals surface area contributed by atoms with Gasteiger partial charge in [0.2, 0.25) is 5.89 Å². The third kappa shape index (κ3) is 6.19. The first kappa shape index (κ1) is 23.2. The molecule has 158 valence electrons. The number of fused-ring (bicyclic) bond motifs is 1. The van der Waals surface area contributed by atoms with Crippen LogP contribution in [-0.4, -0.2) is 29.0 Å². The van der Waals surface area contributed by atoms with Gasteiger partial charge in [-0.05, 0) is 37.1 Å². The van der Waals surface area contributed by atoms with Gasteiger partial charge in [0.05, 0.1) is 6.20 Å². The molecule has 8 heteroatoms. The van der Waals surface area contributed by atoms with Crippen molar-refractivity contribution in [3.63, 3.8) is 0 Å². The van der Waals surface area contributed by atoms with Crippen LogP contribution in [0.5, 0.6) is 0 Å². The molecule has 0 bridgehead atoms. The minimum Gasteiger partial charge on any atom is -0.443 e. The molecule has 0 aliphatic heterocycles. The van der Waals surface area contributed by atoms with Crippen LogP contribution in [0.4, 0.5) is 4.39 Å². The molecule has 6 nitrogen and oxygen atoms in total. The normalized spacial score (nSPS) is 12.1. The highest BCUT2D eigenvalue weighted by Crippen LogP contribution is 2.23. The van der Waals surface area contributed by atoms with Gasteiger partial charge in [-0.25, -0.2) is 14.4 Å². The molecule has 0 atom stereocenters. The summed E-state index contributed by atoms with van der Waals surface area (Å²) in [6.45, 7) is 10.1. The van der Waals surface area contributed by atoms with E-state index < -0.39 is 0 Å². The number of benzene rings is 1. The topological polar surface area (TPSA) is 78.2 Å². The molecule has 0 spiro atoms. The molecule has 0 aliphatic rings. The van der Waals surface area contributed by atoms with Gasteiger partial charge in [-0.2, -0.15) is 0 Å². The highest BCUT2D eigenvalue weighted by Gasteiger charge is 2.19. The lowest BCUT2D eigenvalue weighted by Gasteiger charge is -2.13. The number of hydrogen-bond donors (Lipinski definition) is 3. The van der Waals surface area contributed by atoms with E-state index in [0.29, 0.717) is 24.9 Å². The second-order valence-corrected chi connectivity index (χ2v) is 7.74. The van der Waals surface area contributed by atoms with Crippen molar-refractivity contribution in [1.82, 2.24) is 20.6 Å². The number of rotatable bonds is 6. The van der Waals surface area contributed by atoms with Crippen LogP contribution in [0, 0.1) is 5.82 Å². The highest BCUT2D eigenvalue weighted by molar-refractivity contribution is 14.0. The molecule has 0 amide bonds. The molecule has 3 rings (SSSR count). The fraction of sp³-hybridized carbons (Fsp3) is 0.429. The van der Waals surface area contributed by atoms with E-state index in [1.165, 1.54) is 12.1 Å². The SMILES string of the molecule is CCNC(=NCc1ncc(C(C)(C)C)o1)NCCc1c[nH]c2cc(F)ccc12.I. The number of halogens is 2. The van der Waals surface area contributed by atoms with E-state index in [1.807, 2.05) is 19.2 Å². The maximum Gasteiger partial charge on any atom is 0.216 e. The van der Waals surface area contributed by atoms with Gasteiger partial charge in [-0.15, -0.1) is 24.0 Å². The number of oxazole rings is 1. The summed E-state index contributed by atoms with van der Waals surface area (Å²) in [6.07, 6.45) is 4.49. The van der Waals surface area contributed by atoms with Crippen molar-refractivity contribution in [3.05, 3.63) is 53.6 Å². The van der Waals surface area contributed by atoms with E-state index >= 15 is 0 Å². The Morgan fingerprint density at radius 1 is 1.28 bits per heavy atom. The number of nitrogens with zero attached hydrogens (tertiary/aromatic N) is 2. The fourth-order valence-corrected chi connectivity index (χ4v) is 2.90. The molecule has 2 heterocycles. The third-order valence-corrected chi connectivity index (χ3v) is 4.43. The van der Waals surface area contributed by atoms with Crippen molar-refractivity contribution in [2.24, 2.45) is 4.99 Å². The zero-order chi connectivity index (χ0) is 20.1. The Morgan fingerprint density at radius 2 is 2.07 bits per heavy atom. The first-order chi connectivity index (χ1) is 13.4. The minimum absolute atomic E-state index is 0. The van der Waals surface area contributed by atoms with E-state index in [4.69, 9.17) is 4.42 Å². The summed E-state index contributed by atoms with van der Waals surface area (Å²) in [7, 11) is 0. The number of aromatic amines is 1. The zero-order valence-corrected chi connectivity index (χ0v) is 19.6. The quantitative estimate of drug-likeness (QED) is 0.258. The highest BCUT2D eigenvalue weighted by atomic mass is 127. The van der Waals surface area contributed by atoms with Crippen LogP contribution in [0.3, 0.4) is 0 Å². The average Bonchev–Trinajstić information content (AvgIpc) is 3.26. The maximum atomic E-state index is 13.3. The Kier molecular flexibility index (Phi) is 8.06. The number of nitrogens with one attached hydrogen (secondary N) is 3. The lowest BCUT2D eigenvalue weighted by molar-refractivity contribution is 0.383. The number of H-pyrrole nitrogens is 1. The van der Waals surface area contributed by atoms with Crippen LogP contribution >= 0.6 is 24.0 Å². The molecular weight excluding hydrogens is 484 g/mol.